The minimum atomic E-state index is -4.13. The van der Waals surface area contributed by atoms with Crippen molar-refractivity contribution in [1.82, 2.24) is 5.32 Å². The van der Waals surface area contributed by atoms with E-state index in [0.29, 0.717) is 5.92 Å². The molecule has 1 amide bonds. The van der Waals surface area contributed by atoms with E-state index in [1.54, 1.807) is 0 Å². The number of hydrogen-bond donors (Lipinski definition) is 1. The summed E-state index contributed by atoms with van der Waals surface area (Å²) in [7, 11) is 1.09. The summed E-state index contributed by atoms with van der Waals surface area (Å²) in [5, 5.41) is 2.74. The van der Waals surface area contributed by atoms with Crippen LogP contribution in [0.15, 0.2) is 21.5 Å². The predicted octanol–water partition coefficient (Wildman–Crippen LogP) is 3.04. The maximum absolute atomic E-state index is 13.5. The van der Waals surface area contributed by atoms with Crippen LogP contribution in [0.3, 0.4) is 0 Å². The Morgan fingerprint density at radius 3 is 2.70 bits per heavy atom. The van der Waals surface area contributed by atoms with E-state index >= 15 is 0 Å². The summed E-state index contributed by atoms with van der Waals surface area (Å²) in [6.07, 6.45) is 1.84. The van der Waals surface area contributed by atoms with Crippen molar-refractivity contribution in [1.29, 1.82) is 0 Å². The molecule has 1 saturated carbocycles. The van der Waals surface area contributed by atoms with Crippen molar-refractivity contribution in [2.45, 2.75) is 30.7 Å². The molecule has 0 radical (unpaired) electrons. The molecule has 0 aliphatic heterocycles. The Labute approximate surface area is 129 Å². The molecule has 1 fully saturated rings. The number of benzene rings is 1. The van der Waals surface area contributed by atoms with Gasteiger partial charge in [-0.1, -0.05) is 13.3 Å². The lowest BCUT2D eigenvalue weighted by molar-refractivity contribution is 0.0947. The van der Waals surface area contributed by atoms with Gasteiger partial charge in [-0.15, -0.1) is 0 Å². The van der Waals surface area contributed by atoms with E-state index in [9.17, 15) is 17.6 Å². The van der Waals surface area contributed by atoms with Gasteiger partial charge in [0.15, 0.2) is 0 Å². The largest absolute Gasteiger partial charge is 0.349 e. The highest BCUT2D eigenvalue weighted by Gasteiger charge is 2.37. The predicted molar refractivity (Wildman–Crippen MR) is 76.8 cm³/mol. The van der Waals surface area contributed by atoms with Crippen molar-refractivity contribution in [2.24, 2.45) is 5.92 Å². The summed E-state index contributed by atoms with van der Waals surface area (Å²) in [6, 6.07) is 1.82. The minimum absolute atomic E-state index is 0.0277. The number of carbonyl (C=O) groups excluding carboxylic acids is 1. The summed E-state index contributed by atoms with van der Waals surface area (Å²) in [4.78, 5) is 11.6. The Morgan fingerprint density at radius 1 is 1.55 bits per heavy atom. The summed E-state index contributed by atoms with van der Waals surface area (Å²) in [6.45, 7) is 2.02. The zero-order chi connectivity index (χ0) is 15.1. The molecule has 0 bridgehead atoms. The first-order valence-corrected chi connectivity index (χ1v) is 9.08. The Bertz CT molecular complexity index is 665. The topological polar surface area (TPSA) is 63.2 Å². The molecule has 1 aliphatic rings. The molecule has 1 aliphatic carbocycles. The van der Waals surface area contributed by atoms with E-state index in [4.69, 9.17) is 10.7 Å². The van der Waals surface area contributed by atoms with Crippen LogP contribution in [-0.4, -0.2) is 20.4 Å². The van der Waals surface area contributed by atoms with Crippen molar-refractivity contribution in [2.75, 3.05) is 0 Å². The Morgan fingerprint density at radius 2 is 2.20 bits per heavy atom. The fourth-order valence-corrected chi connectivity index (χ4v) is 4.30. The summed E-state index contributed by atoms with van der Waals surface area (Å²) in [5.74, 6) is -0.915. The molecule has 1 aromatic carbocycles. The average Bonchev–Trinajstić information content (AvgIpc) is 3.08. The zero-order valence-corrected chi connectivity index (χ0v) is 13.6. The second-order valence-corrected chi connectivity index (χ2v) is 8.01. The fraction of sp³-hybridized carbons (Fsp3) is 0.417. The molecular weight excluding hydrogens is 373 g/mol. The molecule has 1 aromatic rings. The first-order chi connectivity index (χ1) is 9.24. The lowest BCUT2D eigenvalue weighted by Gasteiger charge is -2.09. The van der Waals surface area contributed by atoms with Gasteiger partial charge in [-0.05, 0) is 40.4 Å². The van der Waals surface area contributed by atoms with Crippen LogP contribution in [0.25, 0.3) is 0 Å². The molecule has 20 heavy (non-hydrogen) atoms. The van der Waals surface area contributed by atoms with Gasteiger partial charge in [0.1, 0.15) is 10.7 Å². The van der Waals surface area contributed by atoms with Gasteiger partial charge in [-0.25, -0.2) is 12.8 Å². The number of halogens is 3. The van der Waals surface area contributed by atoms with Gasteiger partial charge in [-0.3, -0.25) is 4.79 Å². The summed E-state index contributed by atoms with van der Waals surface area (Å²) in [5.41, 5.74) is -0.0778. The zero-order valence-electron chi connectivity index (χ0n) is 10.5. The molecule has 2 rings (SSSR count). The number of amides is 1. The Hall–Kier alpha value is -0.660. The number of hydrogen-bond acceptors (Lipinski definition) is 3. The maximum atomic E-state index is 13.5. The van der Waals surface area contributed by atoms with Gasteiger partial charge < -0.3 is 5.32 Å². The maximum Gasteiger partial charge on any atom is 0.262 e. The molecule has 0 saturated heterocycles. The van der Waals surface area contributed by atoms with E-state index < -0.39 is 25.7 Å². The molecule has 1 N–H and O–H groups in total. The smallest absolute Gasteiger partial charge is 0.262 e. The Kier molecular flexibility index (Phi) is 4.41. The molecular formula is C12H12BrClFNO3S. The van der Waals surface area contributed by atoms with Crippen LogP contribution in [0.1, 0.15) is 30.1 Å². The third-order valence-electron chi connectivity index (χ3n) is 3.27. The van der Waals surface area contributed by atoms with Crippen LogP contribution in [0.2, 0.25) is 0 Å². The second kappa shape index (κ2) is 5.61. The highest BCUT2D eigenvalue weighted by atomic mass is 79.9. The first kappa shape index (κ1) is 15.7. The molecule has 2 unspecified atom stereocenters. The lowest BCUT2D eigenvalue weighted by Crippen LogP contribution is -2.27. The third-order valence-corrected chi connectivity index (χ3v) is 5.74. The highest BCUT2D eigenvalue weighted by Crippen LogP contribution is 2.34. The third kappa shape index (κ3) is 3.32. The van der Waals surface area contributed by atoms with Gasteiger partial charge in [0.2, 0.25) is 0 Å². The van der Waals surface area contributed by atoms with E-state index in [1.165, 1.54) is 0 Å². The summed E-state index contributed by atoms with van der Waals surface area (Å²) < 4.78 is 36.1. The lowest BCUT2D eigenvalue weighted by atomic mass is 10.2. The number of nitrogens with one attached hydrogen (secondary N) is 1. The number of carbonyl (C=O) groups is 1. The van der Waals surface area contributed by atoms with E-state index in [2.05, 4.69) is 21.2 Å². The van der Waals surface area contributed by atoms with Crippen LogP contribution >= 0.6 is 26.6 Å². The molecule has 2 atom stereocenters. The molecule has 0 aromatic heterocycles. The Balaban J connectivity index is 2.32. The molecule has 0 heterocycles. The quantitative estimate of drug-likeness (QED) is 0.812. The number of rotatable bonds is 4. The van der Waals surface area contributed by atoms with Gasteiger partial charge in [0.05, 0.1) is 10.0 Å². The standard InChI is InChI=1S/C12H12BrClFNO3S/c1-2-6-3-9(6)16-12(17)8-4-7(15)5-10(11(8)13)20(14,18)19/h4-6,9H,2-3H2,1H3,(H,16,17). The van der Waals surface area contributed by atoms with Crippen LogP contribution in [-0.2, 0) is 9.05 Å². The van der Waals surface area contributed by atoms with Crippen molar-refractivity contribution >= 4 is 41.6 Å². The molecule has 4 nitrogen and oxygen atoms in total. The second-order valence-electron chi connectivity index (χ2n) is 4.69. The normalized spacial score (nSPS) is 21.6. The van der Waals surface area contributed by atoms with Gasteiger partial charge in [0.25, 0.3) is 15.0 Å². The molecule has 110 valence electrons. The van der Waals surface area contributed by atoms with Crippen LogP contribution in [0, 0.1) is 11.7 Å². The molecule has 8 heteroatoms. The minimum Gasteiger partial charge on any atom is -0.349 e. The van der Waals surface area contributed by atoms with Gasteiger partial charge in [0, 0.05) is 16.7 Å². The van der Waals surface area contributed by atoms with Crippen LogP contribution in [0.5, 0.6) is 0 Å². The monoisotopic (exact) mass is 383 g/mol. The fourth-order valence-electron chi connectivity index (χ4n) is 2.03. The van der Waals surface area contributed by atoms with Crippen molar-refractivity contribution < 1.29 is 17.6 Å². The van der Waals surface area contributed by atoms with E-state index in [-0.39, 0.29) is 16.1 Å². The SMILES string of the molecule is CCC1CC1NC(=O)c1cc(F)cc(S(=O)(=O)Cl)c1Br. The van der Waals surface area contributed by atoms with Gasteiger partial charge >= 0.3 is 0 Å². The highest BCUT2D eigenvalue weighted by molar-refractivity contribution is 9.10. The van der Waals surface area contributed by atoms with Crippen molar-refractivity contribution in [3.63, 3.8) is 0 Å². The average molecular weight is 385 g/mol. The van der Waals surface area contributed by atoms with Crippen LogP contribution in [0.4, 0.5) is 4.39 Å². The first-order valence-electron chi connectivity index (χ1n) is 5.98. The van der Waals surface area contributed by atoms with E-state index in [1.807, 2.05) is 6.92 Å². The van der Waals surface area contributed by atoms with Crippen molar-refractivity contribution in [3.05, 3.63) is 28.0 Å². The van der Waals surface area contributed by atoms with E-state index in [0.717, 1.165) is 25.0 Å². The molecule has 0 spiro atoms. The van der Waals surface area contributed by atoms with Crippen molar-refractivity contribution in [3.8, 4) is 0 Å². The van der Waals surface area contributed by atoms with Gasteiger partial charge in [-0.2, -0.15) is 0 Å². The van der Waals surface area contributed by atoms with Crippen LogP contribution < -0.4 is 5.32 Å². The summed E-state index contributed by atoms with van der Waals surface area (Å²) >= 11 is 3.00.